The topological polar surface area (TPSA) is 91.2 Å². The molecule has 0 saturated carbocycles. The van der Waals surface area contributed by atoms with E-state index in [1.165, 1.54) is 24.3 Å². The Balaban J connectivity index is 2.37. The Morgan fingerprint density at radius 2 is 2.05 bits per heavy atom. The van der Waals surface area contributed by atoms with E-state index in [-0.39, 0.29) is 23.0 Å². The Morgan fingerprint density at radius 3 is 2.68 bits per heavy atom. The summed E-state index contributed by atoms with van der Waals surface area (Å²) in [4.78, 5) is 14.9. The van der Waals surface area contributed by atoms with Crippen molar-refractivity contribution in [2.24, 2.45) is 5.73 Å². The normalized spacial score (nSPS) is 10.2. The lowest BCUT2D eigenvalue weighted by atomic mass is 10.3. The molecular weight excluding hydrogens is 317 g/mol. The van der Waals surface area contributed by atoms with Crippen molar-refractivity contribution in [3.8, 4) is 11.6 Å². The van der Waals surface area contributed by atoms with Gasteiger partial charge in [-0.3, -0.25) is 4.79 Å². The van der Waals surface area contributed by atoms with Gasteiger partial charge in [-0.1, -0.05) is 15.9 Å². The minimum atomic E-state index is -0.703. The molecule has 0 atom stereocenters. The van der Waals surface area contributed by atoms with E-state index in [0.29, 0.717) is 4.47 Å². The molecule has 4 N–H and O–H groups in total. The van der Waals surface area contributed by atoms with Crippen molar-refractivity contribution >= 4 is 27.5 Å². The Hall–Kier alpha value is -2.15. The molecule has 0 aliphatic carbocycles. The van der Waals surface area contributed by atoms with Crippen LogP contribution in [0.1, 0.15) is 10.5 Å². The van der Waals surface area contributed by atoms with E-state index in [2.05, 4.69) is 20.9 Å². The van der Waals surface area contributed by atoms with Gasteiger partial charge in [0.25, 0.3) is 5.91 Å². The van der Waals surface area contributed by atoms with Crippen LogP contribution in [0.25, 0.3) is 0 Å². The Kier molecular flexibility index (Phi) is 3.66. The first-order valence-corrected chi connectivity index (χ1v) is 5.95. The highest BCUT2D eigenvalue weighted by molar-refractivity contribution is 9.10. The molecule has 2 rings (SSSR count). The number of halogens is 2. The maximum Gasteiger partial charge on any atom is 0.267 e. The minimum Gasteiger partial charge on any atom is -0.437 e. The summed E-state index contributed by atoms with van der Waals surface area (Å²) in [6.45, 7) is 0. The van der Waals surface area contributed by atoms with Gasteiger partial charge in [0.05, 0.1) is 5.69 Å². The van der Waals surface area contributed by atoms with Gasteiger partial charge >= 0.3 is 0 Å². The number of aromatic nitrogens is 1. The number of hydrogen-bond donors (Lipinski definition) is 2. The van der Waals surface area contributed by atoms with E-state index in [0.717, 1.165) is 0 Å². The summed E-state index contributed by atoms with van der Waals surface area (Å²) in [5.74, 6) is -0.985. The van der Waals surface area contributed by atoms with Gasteiger partial charge in [0.15, 0.2) is 0 Å². The van der Waals surface area contributed by atoms with Crippen LogP contribution in [0.4, 0.5) is 10.1 Å². The molecule has 1 aromatic heterocycles. The number of nitrogens with two attached hydrogens (primary N) is 2. The molecule has 0 aliphatic heterocycles. The average Bonchev–Trinajstić information content (AvgIpc) is 2.30. The van der Waals surface area contributed by atoms with Crippen molar-refractivity contribution in [2.75, 3.05) is 5.73 Å². The molecule has 1 amide bonds. The summed E-state index contributed by atoms with van der Waals surface area (Å²) < 4.78 is 19.1. The van der Waals surface area contributed by atoms with Crippen molar-refractivity contribution in [1.82, 2.24) is 4.98 Å². The molecule has 98 valence electrons. The van der Waals surface area contributed by atoms with Crippen molar-refractivity contribution in [1.29, 1.82) is 0 Å². The average molecular weight is 326 g/mol. The van der Waals surface area contributed by atoms with Gasteiger partial charge in [0.2, 0.25) is 5.88 Å². The SMILES string of the molecule is NC(=O)c1ccc(N)c(Oc2cc(F)cc(Br)c2)n1. The predicted octanol–water partition coefficient (Wildman–Crippen LogP) is 2.46. The number of nitrogens with zero attached hydrogens (tertiary/aromatic N) is 1. The summed E-state index contributed by atoms with van der Waals surface area (Å²) in [5, 5.41) is 0. The van der Waals surface area contributed by atoms with Crippen LogP contribution >= 0.6 is 15.9 Å². The standard InChI is InChI=1S/C12H9BrFN3O2/c13-6-3-7(14)5-8(4-6)19-12-9(15)1-2-10(17-12)11(16)18/h1-5H,15H2,(H2,16,18). The summed E-state index contributed by atoms with van der Waals surface area (Å²) in [7, 11) is 0. The van der Waals surface area contributed by atoms with E-state index >= 15 is 0 Å². The molecule has 2 aromatic rings. The minimum absolute atomic E-state index is 0.00574. The lowest BCUT2D eigenvalue weighted by Gasteiger charge is -2.08. The molecule has 0 bridgehead atoms. The second kappa shape index (κ2) is 5.23. The van der Waals surface area contributed by atoms with Crippen LogP contribution in [0.3, 0.4) is 0 Å². The molecule has 7 heteroatoms. The van der Waals surface area contributed by atoms with Crippen LogP contribution < -0.4 is 16.2 Å². The first-order valence-electron chi connectivity index (χ1n) is 5.16. The zero-order chi connectivity index (χ0) is 14.0. The van der Waals surface area contributed by atoms with Crippen molar-refractivity contribution < 1.29 is 13.9 Å². The zero-order valence-corrected chi connectivity index (χ0v) is 11.1. The van der Waals surface area contributed by atoms with E-state index in [9.17, 15) is 9.18 Å². The van der Waals surface area contributed by atoms with Gasteiger partial charge in [-0.05, 0) is 24.3 Å². The Labute approximate surface area is 116 Å². The van der Waals surface area contributed by atoms with Gasteiger partial charge < -0.3 is 16.2 Å². The van der Waals surface area contributed by atoms with Gasteiger partial charge in [-0.15, -0.1) is 0 Å². The molecule has 1 heterocycles. The van der Waals surface area contributed by atoms with Gasteiger partial charge in [-0.25, -0.2) is 9.37 Å². The summed E-state index contributed by atoms with van der Waals surface area (Å²) >= 11 is 3.14. The van der Waals surface area contributed by atoms with Crippen molar-refractivity contribution in [3.63, 3.8) is 0 Å². The third kappa shape index (κ3) is 3.19. The van der Waals surface area contributed by atoms with Gasteiger partial charge in [-0.2, -0.15) is 0 Å². The molecule has 5 nitrogen and oxygen atoms in total. The quantitative estimate of drug-likeness (QED) is 0.906. The van der Waals surface area contributed by atoms with Crippen LogP contribution in [0.5, 0.6) is 11.6 Å². The maximum atomic E-state index is 13.2. The number of nitrogen functional groups attached to an aromatic ring is 1. The van der Waals surface area contributed by atoms with Crippen LogP contribution in [-0.4, -0.2) is 10.9 Å². The second-order valence-electron chi connectivity index (χ2n) is 3.66. The molecule has 0 fully saturated rings. The molecule has 0 radical (unpaired) electrons. The molecule has 1 aromatic carbocycles. The highest BCUT2D eigenvalue weighted by Crippen LogP contribution is 2.28. The molecule has 0 unspecified atom stereocenters. The fourth-order valence-electron chi connectivity index (χ4n) is 1.37. The number of pyridine rings is 1. The largest absolute Gasteiger partial charge is 0.437 e. The number of rotatable bonds is 3. The number of anilines is 1. The van der Waals surface area contributed by atoms with Crippen molar-refractivity contribution in [2.45, 2.75) is 0 Å². The number of hydrogen-bond acceptors (Lipinski definition) is 4. The third-order valence-electron chi connectivity index (χ3n) is 2.19. The van der Waals surface area contributed by atoms with E-state index in [1.807, 2.05) is 0 Å². The molecule has 0 aliphatic rings. The number of carbonyl (C=O) groups excluding carboxylic acids is 1. The van der Waals surface area contributed by atoms with E-state index in [4.69, 9.17) is 16.2 Å². The Morgan fingerprint density at radius 1 is 1.32 bits per heavy atom. The first kappa shape index (κ1) is 13.3. The molecular formula is C12H9BrFN3O2. The summed E-state index contributed by atoms with van der Waals surface area (Å²) in [6, 6.07) is 6.82. The number of ether oxygens (including phenoxy) is 1. The smallest absolute Gasteiger partial charge is 0.267 e. The van der Waals surface area contributed by atoms with Gasteiger partial charge in [0.1, 0.15) is 17.3 Å². The van der Waals surface area contributed by atoms with Crippen LogP contribution in [0, 0.1) is 5.82 Å². The highest BCUT2D eigenvalue weighted by Gasteiger charge is 2.10. The summed E-state index contributed by atoms with van der Waals surface area (Å²) in [6.07, 6.45) is 0. The number of amides is 1. The molecule has 19 heavy (non-hydrogen) atoms. The Bertz CT molecular complexity index is 629. The highest BCUT2D eigenvalue weighted by atomic mass is 79.9. The first-order chi connectivity index (χ1) is 8.95. The van der Waals surface area contributed by atoms with Crippen molar-refractivity contribution in [3.05, 3.63) is 46.3 Å². The fourth-order valence-corrected chi connectivity index (χ4v) is 1.81. The lowest BCUT2D eigenvalue weighted by molar-refractivity contribution is 0.0995. The van der Waals surface area contributed by atoms with E-state index in [1.54, 1.807) is 6.07 Å². The van der Waals surface area contributed by atoms with Crippen LogP contribution in [-0.2, 0) is 0 Å². The maximum absolute atomic E-state index is 13.2. The van der Waals surface area contributed by atoms with Crippen LogP contribution in [0.2, 0.25) is 0 Å². The van der Waals surface area contributed by atoms with Crippen LogP contribution in [0.15, 0.2) is 34.8 Å². The lowest BCUT2D eigenvalue weighted by Crippen LogP contribution is -2.13. The molecule has 0 saturated heterocycles. The number of primary amides is 1. The van der Waals surface area contributed by atoms with E-state index < -0.39 is 11.7 Å². The van der Waals surface area contributed by atoms with Gasteiger partial charge in [0, 0.05) is 10.5 Å². The predicted molar refractivity (Wildman–Crippen MR) is 71.3 cm³/mol. The molecule has 0 spiro atoms. The third-order valence-corrected chi connectivity index (χ3v) is 2.65. The zero-order valence-electron chi connectivity index (χ0n) is 9.56. The fraction of sp³-hybridized carbons (Fsp3) is 0. The number of carbonyl (C=O) groups is 1. The summed E-state index contributed by atoms with van der Waals surface area (Å²) in [5.41, 5.74) is 11.0. The monoisotopic (exact) mass is 325 g/mol. The second-order valence-corrected chi connectivity index (χ2v) is 4.58. The number of benzene rings is 1.